The molecule has 1 unspecified atom stereocenters. The van der Waals surface area contributed by atoms with Crippen LogP contribution in [-0.2, 0) is 28.6 Å². The predicted molar refractivity (Wildman–Crippen MR) is 269 cm³/mol. The van der Waals surface area contributed by atoms with E-state index >= 15 is 0 Å². The second kappa shape index (κ2) is 50.2. The van der Waals surface area contributed by atoms with Crippen LogP contribution in [0.4, 0.5) is 0 Å². The Bertz CT molecular complexity index is 1420. The highest BCUT2D eigenvalue weighted by Gasteiger charge is 2.19. The summed E-state index contributed by atoms with van der Waals surface area (Å²) in [4.78, 5) is 37.9. The number of carbonyl (C=O) groups excluding carboxylic acids is 3. The minimum absolute atomic E-state index is 0.121. The van der Waals surface area contributed by atoms with Gasteiger partial charge in [-0.25, -0.2) is 0 Å². The monoisotopic (exact) mass is 869 g/mol. The quantitative estimate of drug-likeness (QED) is 0.0200. The maximum atomic E-state index is 12.8. The lowest BCUT2D eigenvalue weighted by Gasteiger charge is -2.18. The fourth-order valence-corrected chi connectivity index (χ4v) is 6.17. The van der Waals surface area contributed by atoms with Gasteiger partial charge < -0.3 is 14.2 Å². The van der Waals surface area contributed by atoms with E-state index in [-0.39, 0.29) is 37.5 Å². The molecule has 6 heteroatoms. The number of hydrogen-bond acceptors (Lipinski definition) is 6. The van der Waals surface area contributed by atoms with E-state index < -0.39 is 6.10 Å². The topological polar surface area (TPSA) is 78.9 Å². The summed E-state index contributed by atoms with van der Waals surface area (Å²) in [5.74, 6) is -1.04. The van der Waals surface area contributed by atoms with Gasteiger partial charge in [0.2, 0.25) is 0 Å². The van der Waals surface area contributed by atoms with Crippen molar-refractivity contribution in [2.75, 3.05) is 13.2 Å². The van der Waals surface area contributed by atoms with Crippen LogP contribution in [0.1, 0.15) is 188 Å². The minimum Gasteiger partial charge on any atom is -0.462 e. The van der Waals surface area contributed by atoms with Gasteiger partial charge in [-0.1, -0.05) is 219 Å². The van der Waals surface area contributed by atoms with Crippen molar-refractivity contribution in [2.45, 2.75) is 194 Å². The number of rotatable bonds is 42. The molecule has 0 saturated carbocycles. The van der Waals surface area contributed by atoms with E-state index in [1.54, 1.807) is 0 Å². The summed E-state index contributed by atoms with van der Waals surface area (Å²) in [6, 6.07) is 0. The molecule has 0 aromatic carbocycles. The molecule has 0 radical (unpaired) electrons. The molecule has 0 aromatic rings. The molecule has 0 heterocycles. The van der Waals surface area contributed by atoms with E-state index in [9.17, 15) is 14.4 Å². The third-order valence-electron chi connectivity index (χ3n) is 9.84. The van der Waals surface area contributed by atoms with E-state index in [0.717, 1.165) is 103 Å². The summed E-state index contributed by atoms with van der Waals surface area (Å²) in [7, 11) is 0. The van der Waals surface area contributed by atoms with E-state index in [1.165, 1.54) is 38.5 Å². The zero-order chi connectivity index (χ0) is 45.8. The lowest BCUT2D eigenvalue weighted by Crippen LogP contribution is -2.30. The van der Waals surface area contributed by atoms with Crippen molar-refractivity contribution in [1.82, 2.24) is 0 Å². The van der Waals surface area contributed by atoms with Gasteiger partial charge >= 0.3 is 17.9 Å². The Morgan fingerprint density at radius 1 is 0.349 bits per heavy atom. The van der Waals surface area contributed by atoms with Crippen LogP contribution in [0.15, 0.2) is 134 Å². The largest absolute Gasteiger partial charge is 0.462 e. The number of unbranched alkanes of at least 4 members (excludes halogenated alkanes) is 16. The highest BCUT2D eigenvalue weighted by molar-refractivity contribution is 5.71. The van der Waals surface area contributed by atoms with E-state index in [0.29, 0.717) is 19.3 Å². The molecule has 0 N–H and O–H groups in total. The highest BCUT2D eigenvalue weighted by Crippen LogP contribution is 2.13. The van der Waals surface area contributed by atoms with E-state index in [4.69, 9.17) is 14.2 Å². The maximum absolute atomic E-state index is 12.8. The summed E-state index contributed by atoms with van der Waals surface area (Å²) < 4.78 is 16.7. The zero-order valence-corrected chi connectivity index (χ0v) is 40.0. The van der Waals surface area contributed by atoms with Crippen LogP contribution in [0, 0.1) is 0 Å². The Kier molecular flexibility index (Phi) is 46.7. The number of esters is 3. The normalized spacial score (nSPS) is 13.3. The van der Waals surface area contributed by atoms with E-state index in [1.807, 2.05) is 54.7 Å². The Labute approximate surface area is 385 Å². The Hall–Kier alpha value is -4.45. The number of hydrogen-bond donors (Lipinski definition) is 0. The van der Waals surface area contributed by atoms with Crippen LogP contribution in [0.3, 0.4) is 0 Å². The molecule has 0 amide bonds. The van der Waals surface area contributed by atoms with Crippen LogP contribution >= 0.6 is 0 Å². The first-order valence-corrected chi connectivity index (χ1v) is 24.8. The Morgan fingerprint density at radius 3 is 1.21 bits per heavy atom. The summed E-state index contributed by atoms with van der Waals surface area (Å²) in [5.41, 5.74) is 0. The maximum Gasteiger partial charge on any atom is 0.306 e. The fraction of sp³-hybridized carbons (Fsp3) is 0.561. The van der Waals surface area contributed by atoms with Crippen LogP contribution in [0.5, 0.6) is 0 Å². The summed E-state index contributed by atoms with van der Waals surface area (Å²) >= 11 is 0. The van der Waals surface area contributed by atoms with Gasteiger partial charge in [-0.15, -0.1) is 0 Å². The molecule has 6 nitrogen and oxygen atoms in total. The second-order valence-corrected chi connectivity index (χ2v) is 15.8. The van der Waals surface area contributed by atoms with Crippen molar-refractivity contribution in [2.24, 2.45) is 0 Å². The standard InChI is InChI=1S/C57H88O6/c1-4-7-10-13-16-19-22-25-27-28-29-30-33-35-38-41-44-47-50-56(59)62-53-54(52-61-55(58)49-46-43-40-37-34-31-24-21-18-15-12-9-6-3)63-57(60)51-48-45-42-39-36-32-26-23-20-17-14-11-8-5-2/h8-9,11-12,15-22,24-25,27-31,34,37,40,54H,4-7,10,13-14,23,26,32-33,35-36,38-39,41-53H2,1-3H3/b11-8+,12-9+,18-15+,19-16+,20-17+,24-21+,25-22+,28-27+,30-29+,34-31+,40-37+. The van der Waals surface area contributed by atoms with E-state index in [2.05, 4.69) is 99.8 Å². The van der Waals surface area contributed by atoms with Gasteiger partial charge in [-0.05, 0) is 83.5 Å². The van der Waals surface area contributed by atoms with Crippen LogP contribution < -0.4 is 0 Å². The summed E-state index contributed by atoms with van der Waals surface area (Å²) in [5, 5.41) is 0. The summed E-state index contributed by atoms with van der Waals surface area (Å²) in [6.07, 6.45) is 70.1. The molecular formula is C57H88O6. The zero-order valence-electron chi connectivity index (χ0n) is 40.0. The van der Waals surface area contributed by atoms with Gasteiger partial charge in [0.25, 0.3) is 0 Å². The van der Waals surface area contributed by atoms with Crippen molar-refractivity contribution >= 4 is 17.9 Å². The molecule has 352 valence electrons. The van der Waals surface area contributed by atoms with Gasteiger partial charge in [0, 0.05) is 19.3 Å². The molecule has 0 fully saturated rings. The van der Waals surface area contributed by atoms with Gasteiger partial charge in [0.1, 0.15) is 13.2 Å². The fourth-order valence-electron chi connectivity index (χ4n) is 6.17. The van der Waals surface area contributed by atoms with Crippen molar-refractivity contribution in [3.05, 3.63) is 134 Å². The molecule has 63 heavy (non-hydrogen) atoms. The number of ether oxygens (including phenoxy) is 3. The predicted octanol–water partition coefficient (Wildman–Crippen LogP) is 16.3. The van der Waals surface area contributed by atoms with Crippen LogP contribution in [-0.4, -0.2) is 37.2 Å². The molecule has 0 saturated heterocycles. The Balaban J connectivity index is 4.56. The van der Waals surface area contributed by atoms with Crippen LogP contribution in [0.2, 0.25) is 0 Å². The van der Waals surface area contributed by atoms with Gasteiger partial charge in [-0.3, -0.25) is 14.4 Å². The number of carbonyl (C=O) groups is 3. The second-order valence-electron chi connectivity index (χ2n) is 15.8. The van der Waals surface area contributed by atoms with Gasteiger partial charge in [0.05, 0.1) is 0 Å². The van der Waals surface area contributed by atoms with Crippen molar-refractivity contribution in [3.63, 3.8) is 0 Å². The summed E-state index contributed by atoms with van der Waals surface area (Å²) in [6.45, 7) is 6.23. The smallest absolute Gasteiger partial charge is 0.306 e. The lowest BCUT2D eigenvalue weighted by molar-refractivity contribution is -0.167. The molecule has 1 atom stereocenters. The first kappa shape index (κ1) is 58.6. The average molecular weight is 869 g/mol. The van der Waals surface area contributed by atoms with Crippen molar-refractivity contribution in [3.8, 4) is 0 Å². The molecule has 0 aliphatic rings. The Morgan fingerprint density at radius 2 is 0.714 bits per heavy atom. The van der Waals surface area contributed by atoms with Crippen LogP contribution in [0.25, 0.3) is 0 Å². The van der Waals surface area contributed by atoms with Gasteiger partial charge in [-0.2, -0.15) is 0 Å². The average Bonchev–Trinajstić information content (AvgIpc) is 3.28. The SMILES string of the molecule is CC/C=C/C=C/C=C/C=C/C=C/CCCC(=O)OCC(COC(=O)CCCCCCC/C=C/C=C/C=C/C=C/CCCCC)OC(=O)CCCCCCCCC/C=C/C/C=C/CC. The van der Waals surface area contributed by atoms with Crippen molar-refractivity contribution in [1.29, 1.82) is 0 Å². The lowest BCUT2D eigenvalue weighted by atomic mass is 10.1. The van der Waals surface area contributed by atoms with Gasteiger partial charge in [0.15, 0.2) is 6.10 Å². The molecule has 0 bridgehead atoms. The highest BCUT2D eigenvalue weighted by atomic mass is 16.6. The first-order valence-electron chi connectivity index (χ1n) is 24.8. The molecule has 0 aliphatic carbocycles. The molecular weight excluding hydrogens is 781 g/mol. The number of allylic oxidation sites excluding steroid dienone is 22. The molecule has 0 spiro atoms. The third kappa shape index (κ3) is 48.4. The minimum atomic E-state index is -0.825. The molecule has 0 rings (SSSR count). The van der Waals surface area contributed by atoms with Crippen molar-refractivity contribution < 1.29 is 28.6 Å². The third-order valence-corrected chi connectivity index (χ3v) is 9.84. The molecule has 0 aliphatic heterocycles. The molecule has 0 aromatic heterocycles. The first-order chi connectivity index (χ1) is 31.0.